The lowest BCUT2D eigenvalue weighted by Gasteiger charge is -2.12. The van der Waals surface area contributed by atoms with Crippen LogP contribution in [0.3, 0.4) is 0 Å². The molecule has 0 spiro atoms. The summed E-state index contributed by atoms with van der Waals surface area (Å²) in [5, 5.41) is 3.13. The smallest absolute Gasteiger partial charge is 0.185 e. The SMILES string of the molecule is COCC(=O)C1=CCCNC1. The zero-order valence-corrected chi connectivity index (χ0v) is 6.72. The van der Waals surface area contributed by atoms with E-state index in [0.717, 1.165) is 18.5 Å². The van der Waals surface area contributed by atoms with Gasteiger partial charge in [-0.1, -0.05) is 6.08 Å². The van der Waals surface area contributed by atoms with E-state index in [1.54, 1.807) is 0 Å². The van der Waals surface area contributed by atoms with Crippen molar-refractivity contribution in [3.05, 3.63) is 11.6 Å². The minimum absolute atomic E-state index is 0.0969. The lowest BCUT2D eigenvalue weighted by atomic mass is 10.1. The number of methoxy groups -OCH3 is 1. The van der Waals surface area contributed by atoms with Gasteiger partial charge in [0.15, 0.2) is 5.78 Å². The van der Waals surface area contributed by atoms with Gasteiger partial charge in [0.1, 0.15) is 6.61 Å². The summed E-state index contributed by atoms with van der Waals surface area (Å²) in [6, 6.07) is 0. The molecule has 3 nitrogen and oxygen atoms in total. The predicted molar refractivity (Wildman–Crippen MR) is 42.5 cm³/mol. The van der Waals surface area contributed by atoms with Gasteiger partial charge in [0.2, 0.25) is 0 Å². The number of hydrogen-bond donors (Lipinski definition) is 1. The average Bonchev–Trinajstić information content (AvgIpc) is 2.07. The predicted octanol–water partition coefficient (Wildman–Crippen LogP) is 0.122. The summed E-state index contributed by atoms with van der Waals surface area (Å²) in [6.07, 6.45) is 2.93. The Kier molecular flexibility index (Phi) is 3.26. The van der Waals surface area contributed by atoms with Crippen LogP contribution in [0.5, 0.6) is 0 Å². The van der Waals surface area contributed by atoms with Crippen molar-refractivity contribution in [1.82, 2.24) is 5.32 Å². The molecule has 0 aromatic rings. The summed E-state index contributed by atoms with van der Waals surface area (Å²) in [6.45, 7) is 1.87. The van der Waals surface area contributed by atoms with Crippen LogP contribution in [0.25, 0.3) is 0 Å². The number of carbonyl (C=O) groups excluding carboxylic acids is 1. The Morgan fingerprint density at radius 3 is 3.18 bits per heavy atom. The first-order chi connectivity index (χ1) is 5.34. The van der Waals surface area contributed by atoms with E-state index in [2.05, 4.69) is 5.32 Å². The second-order valence-electron chi connectivity index (χ2n) is 2.55. The van der Waals surface area contributed by atoms with E-state index in [1.165, 1.54) is 7.11 Å². The van der Waals surface area contributed by atoms with Crippen LogP contribution in [0.15, 0.2) is 11.6 Å². The fraction of sp³-hybridized carbons (Fsp3) is 0.625. The molecular formula is C8H13NO2. The number of Topliss-reactive ketones (excluding diaryl/α,β-unsaturated/α-hetero) is 1. The Labute approximate surface area is 66.4 Å². The molecular weight excluding hydrogens is 142 g/mol. The Balaban J connectivity index is 2.44. The average molecular weight is 155 g/mol. The van der Waals surface area contributed by atoms with Crippen molar-refractivity contribution in [2.45, 2.75) is 6.42 Å². The highest BCUT2D eigenvalue weighted by molar-refractivity contribution is 5.96. The third kappa shape index (κ3) is 2.44. The molecule has 0 fully saturated rings. The highest BCUT2D eigenvalue weighted by Gasteiger charge is 2.10. The molecule has 0 aromatic heterocycles. The van der Waals surface area contributed by atoms with Crippen LogP contribution in [0.4, 0.5) is 0 Å². The van der Waals surface area contributed by atoms with Crippen molar-refractivity contribution in [2.24, 2.45) is 0 Å². The molecule has 0 aromatic carbocycles. The van der Waals surface area contributed by atoms with Gasteiger partial charge in [0.05, 0.1) is 0 Å². The highest BCUT2D eigenvalue weighted by atomic mass is 16.5. The van der Waals surface area contributed by atoms with Crippen LogP contribution in [-0.4, -0.2) is 32.6 Å². The number of ether oxygens (including phenoxy) is 1. The first kappa shape index (κ1) is 8.43. The van der Waals surface area contributed by atoms with E-state index in [1.807, 2.05) is 6.08 Å². The molecule has 1 rings (SSSR count). The largest absolute Gasteiger partial charge is 0.377 e. The van der Waals surface area contributed by atoms with Crippen molar-refractivity contribution >= 4 is 5.78 Å². The van der Waals surface area contributed by atoms with Gasteiger partial charge in [-0.2, -0.15) is 0 Å². The third-order valence-electron chi connectivity index (χ3n) is 1.66. The van der Waals surface area contributed by atoms with Gasteiger partial charge in [0.25, 0.3) is 0 Å². The minimum Gasteiger partial charge on any atom is -0.377 e. The van der Waals surface area contributed by atoms with Gasteiger partial charge < -0.3 is 10.1 Å². The molecule has 0 aliphatic carbocycles. The fourth-order valence-electron chi connectivity index (χ4n) is 1.08. The summed E-state index contributed by atoms with van der Waals surface area (Å²) < 4.78 is 4.74. The Bertz CT molecular complexity index is 175. The quantitative estimate of drug-likeness (QED) is 0.629. The highest BCUT2D eigenvalue weighted by Crippen LogP contribution is 2.01. The molecule has 62 valence electrons. The molecule has 0 radical (unpaired) electrons. The molecule has 0 saturated heterocycles. The zero-order valence-electron chi connectivity index (χ0n) is 6.72. The van der Waals surface area contributed by atoms with Gasteiger partial charge in [-0.15, -0.1) is 0 Å². The van der Waals surface area contributed by atoms with Crippen molar-refractivity contribution in [2.75, 3.05) is 26.8 Å². The molecule has 1 N–H and O–H groups in total. The van der Waals surface area contributed by atoms with E-state index < -0.39 is 0 Å². The molecule has 0 unspecified atom stereocenters. The molecule has 0 amide bonds. The third-order valence-corrected chi connectivity index (χ3v) is 1.66. The Morgan fingerprint density at radius 1 is 1.82 bits per heavy atom. The van der Waals surface area contributed by atoms with Crippen LogP contribution in [0.2, 0.25) is 0 Å². The number of hydrogen-bond acceptors (Lipinski definition) is 3. The van der Waals surface area contributed by atoms with Gasteiger partial charge in [-0.05, 0) is 13.0 Å². The number of nitrogens with one attached hydrogen (secondary N) is 1. The topological polar surface area (TPSA) is 38.3 Å². The van der Waals surface area contributed by atoms with Gasteiger partial charge in [-0.3, -0.25) is 4.79 Å². The van der Waals surface area contributed by atoms with Crippen molar-refractivity contribution < 1.29 is 9.53 Å². The van der Waals surface area contributed by atoms with E-state index in [0.29, 0.717) is 6.54 Å². The van der Waals surface area contributed by atoms with E-state index in [9.17, 15) is 4.79 Å². The number of carbonyl (C=O) groups is 1. The molecule has 0 bridgehead atoms. The van der Waals surface area contributed by atoms with Crippen LogP contribution >= 0.6 is 0 Å². The summed E-state index contributed by atoms with van der Waals surface area (Å²) in [5.41, 5.74) is 0.859. The second-order valence-corrected chi connectivity index (χ2v) is 2.55. The fourth-order valence-corrected chi connectivity index (χ4v) is 1.08. The van der Waals surface area contributed by atoms with Crippen LogP contribution in [-0.2, 0) is 9.53 Å². The lowest BCUT2D eigenvalue weighted by molar-refractivity contribution is -0.119. The normalized spacial score (nSPS) is 17.7. The maximum atomic E-state index is 11.2. The van der Waals surface area contributed by atoms with Crippen LogP contribution < -0.4 is 5.32 Å². The summed E-state index contributed by atoms with van der Waals surface area (Å²) >= 11 is 0. The maximum absolute atomic E-state index is 11.2. The molecule has 1 aliphatic rings. The standard InChI is InChI=1S/C8H13NO2/c1-11-6-8(10)7-3-2-4-9-5-7/h3,9H,2,4-6H2,1H3. The molecule has 0 saturated carbocycles. The molecule has 11 heavy (non-hydrogen) atoms. The van der Waals surface area contributed by atoms with Gasteiger partial charge in [0, 0.05) is 19.2 Å². The first-order valence-corrected chi connectivity index (χ1v) is 3.76. The van der Waals surface area contributed by atoms with Crippen molar-refractivity contribution in [3.63, 3.8) is 0 Å². The molecule has 0 atom stereocenters. The first-order valence-electron chi connectivity index (χ1n) is 3.76. The number of rotatable bonds is 3. The monoisotopic (exact) mass is 155 g/mol. The van der Waals surface area contributed by atoms with Gasteiger partial charge >= 0.3 is 0 Å². The Hall–Kier alpha value is -0.670. The zero-order chi connectivity index (χ0) is 8.10. The summed E-state index contributed by atoms with van der Waals surface area (Å²) in [7, 11) is 1.54. The molecule has 1 heterocycles. The summed E-state index contributed by atoms with van der Waals surface area (Å²) in [4.78, 5) is 11.2. The number of ketones is 1. The minimum atomic E-state index is 0.0969. The summed E-state index contributed by atoms with van der Waals surface area (Å²) in [5.74, 6) is 0.0969. The molecule has 1 aliphatic heterocycles. The van der Waals surface area contributed by atoms with Crippen molar-refractivity contribution in [1.29, 1.82) is 0 Å². The van der Waals surface area contributed by atoms with Crippen molar-refractivity contribution in [3.8, 4) is 0 Å². The van der Waals surface area contributed by atoms with Crippen LogP contribution in [0.1, 0.15) is 6.42 Å². The van der Waals surface area contributed by atoms with E-state index in [-0.39, 0.29) is 12.4 Å². The second kappa shape index (κ2) is 4.26. The lowest BCUT2D eigenvalue weighted by Crippen LogP contribution is -2.27. The van der Waals surface area contributed by atoms with E-state index >= 15 is 0 Å². The van der Waals surface area contributed by atoms with E-state index in [4.69, 9.17) is 4.74 Å². The molecule has 3 heteroatoms. The maximum Gasteiger partial charge on any atom is 0.185 e. The van der Waals surface area contributed by atoms with Gasteiger partial charge in [-0.25, -0.2) is 0 Å². The van der Waals surface area contributed by atoms with Crippen LogP contribution in [0, 0.1) is 0 Å². The Morgan fingerprint density at radius 2 is 2.64 bits per heavy atom.